The molecule has 0 spiro atoms. The largest absolute Gasteiger partial charge is 0.346 e. The van der Waals surface area contributed by atoms with Crippen molar-refractivity contribution < 1.29 is 4.79 Å². The van der Waals surface area contributed by atoms with E-state index in [9.17, 15) is 9.59 Å². The van der Waals surface area contributed by atoms with Crippen molar-refractivity contribution in [2.75, 3.05) is 5.32 Å². The van der Waals surface area contributed by atoms with E-state index in [1.165, 1.54) is 4.68 Å². The molecule has 9 nitrogen and oxygen atoms in total. The number of aromatic nitrogens is 6. The monoisotopic (exact) mass is 367 g/mol. The first-order chi connectivity index (χ1) is 13.1. The van der Waals surface area contributed by atoms with Crippen LogP contribution in [0.15, 0.2) is 35.4 Å². The molecular weight excluding hydrogens is 346 g/mol. The zero-order valence-corrected chi connectivity index (χ0v) is 15.1. The number of nitrogens with one attached hydrogen (secondary N) is 1. The summed E-state index contributed by atoms with van der Waals surface area (Å²) in [6.45, 7) is 2.43. The maximum absolute atomic E-state index is 12.5. The Kier molecular flexibility index (Phi) is 4.57. The zero-order chi connectivity index (χ0) is 18.8. The highest BCUT2D eigenvalue weighted by molar-refractivity contribution is 5.90. The van der Waals surface area contributed by atoms with Crippen molar-refractivity contribution in [2.24, 2.45) is 0 Å². The van der Waals surface area contributed by atoms with Crippen LogP contribution < -0.4 is 11.0 Å². The summed E-state index contributed by atoms with van der Waals surface area (Å²) in [6.07, 6.45) is 5.50. The number of benzene rings is 1. The average molecular weight is 367 g/mol. The van der Waals surface area contributed by atoms with Crippen LogP contribution in [0.4, 0.5) is 5.69 Å². The second kappa shape index (κ2) is 7.18. The minimum Gasteiger partial charge on any atom is -0.324 e. The van der Waals surface area contributed by atoms with Crippen LogP contribution >= 0.6 is 0 Å². The van der Waals surface area contributed by atoms with E-state index in [1.54, 1.807) is 17.0 Å². The van der Waals surface area contributed by atoms with Gasteiger partial charge in [-0.1, -0.05) is 12.5 Å². The van der Waals surface area contributed by atoms with Gasteiger partial charge in [0.15, 0.2) is 0 Å². The number of carbonyl (C=O) groups is 1. The molecule has 140 valence electrons. The molecule has 0 saturated heterocycles. The Balaban J connectivity index is 1.49. The lowest BCUT2D eigenvalue weighted by molar-refractivity contribution is -0.117. The van der Waals surface area contributed by atoms with Gasteiger partial charge in [0.05, 0.1) is 5.69 Å². The fraction of sp³-hybridized carbons (Fsp3) is 0.389. The number of aryl methyl sites for hydroxylation is 2. The molecule has 0 saturated carbocycles. The second-order valence-electron chi connectivity index (χ2n) is 6.67. The van der Waals surface area contributed by atoms with Crippen LogP contribution in [0.5, 0.6) is 0 Å². The van der Waals surface area contributed by atoms with Crippen LogP contribution in [0, 0.1) is 6.92 Å². The molecule has 3 heterocycles. The molecule has 3 aromatic rings. The van der Waals surface area contributed by atoms with E-state index in [2.05, 4.69) is 20.6 Å². The summed E-state index contributed by atoms with van der Waals surface area (Å²) in [4.78, 5) is 24.9. The summed E-state index contributed by atoms with van der Waals surface area (Å²) < 4.78 is 4.77. The fourth-order valence-corrected chi connectivity index (χ4v) is 3.34. The number of fused-ring (bicyclic) bond motifs is 1. The molecule has 0 atom stereocenters. The van der Waals surface area contributed by atoms with Gasteiger partial charge in [-0.2, -0.15) is 5.10 Å². The summed E-state index contributed by atoms with van der Waals surface area (Å²) >= 11 is 0. The normalized spacial score (nSPS) is 13.8. The minimum atomic E-state index is -0.289. The third kappa shape index (κ3) is 3.53. The third-order valence-electron chi connectivity index (χ3n) is 4.70. The van der Waals surface area contributed by atoms with Gasteiger partial charge in [0, 0.05) is 18.7 Å². The average Bonchev–Trinajstić information content (AvgIpc) is 3.10. The van der Waals surface area contributed by atoms with Gasteiger partial charge < -0.3 is 5.32 Å². The topological polar surface area (TPSA) is 99.6 Å². The smallest absolute Gasteiger partial charge is 0.324 e. The third-order valence-corrected chi connectivity index (χ3v) is 4.70. The first-order valence-corrected chi connectivity index (χ1v) is 9.05. The molecule has 4 rings (SSSR count). The van der Waals surface area contributed by atoms with E-state index in [4.69, 9.17) is 0 Å². The molecule has 1 amide bonds. The number of hydrogen-bond donors (Lipinski definition) is 1. The molecule has 0 radical (unpaired) electrons. The summed E-state index contributed by atoms with van der Waals surface area (Å²) in [5.74, 6) is 1.24. The number of hydrogen-bond acceptors (Lipinski definition) is 5. The molecule has 0 fully saturated rings. The van der Waals surface area contributed by atoms with Gasteiger partial charge in [-0.15, -0.1) is 10.2 Å². The highest BCUT2D eigenvalue weighted by Gasteiger charge is 2.17. The molecule has 0 aliphatic carbocycles. The highest BCUT2D eigenvalue weighted by atomic mass is 16.2. The molecule has 1 aliphatic rings. The predicted molar refractivity (Wildman–Crippen MR) is 98.8 cm³/mol. The zero-order valence-electron chi connectivity index (χ0n) is 15.1. The van der Waals surface area contributed by atoms with Crippen molar-refractivity contribution in [1.82, 2.24) is 29.1 Å². The van der Waals surface area contributed by atoms with Crippen molar-refractivity contribution in [3.8, 4) is 5.69 Å². The van der Waals surface area contributed by atoms with Crippen molar-refractivity contribution in [1.29, 1.82) is 0 Å². The number of carbonyl (C=O) groups excluding carboxylic acids is 1. The van der Waals surface area contributed by atoms with E-state index in [0.717, 1.165) is 43.0 Å². The SMILES string of the molecule is Cc1nncn1-c1cccc(NC(=O)Cn2nc3n(c2=O)CCCCC3)c1. The Bertz CT molecular complexity index is 1030. The molecule has 1 aliphatic heterocycles. The van der Waals surface area contributed by atoms with Gasteiger partial charge in [0.25, 0.3) is 0 Å². The molecule has 27 heavy (non-hydrogen) atoms. The molecule has 2 aromatic heterocycles. The van der Waals surface area contributed by atoms with Crippen LogP contribution in [0.2, 0.25) is 0 Å². The van der Waals surface area contributed by atoms with Crippen molar-refractivity contribution in [3.63, 3.8) is 0 Å². The summed E-state index contributed by atoms with van der Waals surface area (Å²) in [7, 11) is 0. The van der Waals surface area contributed by atoms with E-state index in [-0.39, 0.29) is 18.1 Å². The molecule has 1 N–H and O–H groups in total. The molecule has 9 heteroatoms. The second-order valence-corrected chi connectivity index (χ2v) is 6.67. The van der Waals surface area contributed by atoms with Crippen LogP contribution in [-0.4, -0.2) is 35.0 Å². The van der Waals surface area contributed by atoms with Gasteiger partial charge in [0.1, 0.15) is 24.5 Å². The Labute approximate surface area is 155 Å². The predicted octanol–water partition coefficient (Wildman–Crippen LogP) is 1.30. The highest BCUT2D eigenvalue weighted by Crippen LogP contribution is 2.16. The van der Waals surface area contributed by atoms with Crippen molar-refractivity contribution in [2.45, 2.75) is 45.7 Å². The maximum atomic E-state index is 12.5. The number of nitrogens with zero attached hydrogens (tertiary/aromatic N) is 6. The summed E-state index contributed by atoms with van der Waals surface area (Å²) in [5, 5.41) is 15.0. The molecular formula is C18H21N7O2. The van der Waals surface area contributed by atoms with Crippen LogP contribution in [0.25, 0.3) is 5.69 Å². The van der Waals surface area contributed by atoms with Gasteiger partial charge in [-0.25, -0.2) is 9.48 Å². The van der Waals surface area contributed by atoms with Crippen LogP contribution in [-0.2, 0) is 24.3 Å². The first kappa shape index (κ1) is 17.2. The lowest BCUT2D eigenvalue weighted by Gasteiger charge is -2.08. The van der Waals surface area contributed by atoms with Crippen LogP contribution in [0.3, 0.4) is 0 Å². The lowest BCUT2D eigenvalue weighted by atomic mass is 10.2. The van der Waals surface area contributed by atoms with Gasteiger partial charge in [-0.05, 0) is 38.0 Å². The Hall–Kier alpha value is -3.23. The van der Waals surface area contributed by atoms with E-state index >= 15 is 0 Å². The summed E-state index contributed by atoms with van der Waals surface area (Å²) in [6, 6.07) is 7.38. The van der Waals surface area contributed by atoms with Gasteiger partial charge in [-0.3, -0.25) is 13.9 Å². The minimum absolute atomic E-state index is 0.102. The fourth-order valence-electron chi connectivity index (χ4n) is 3.34. The van der Waals surface area contributed by atoms with E-state index < -0.39 is 0 Å². The van der Waals surface area contributed by atoms with Crippen LogP contribution in [0.1, 0.15) is 30.9 Å². The summed E-state index contributed by atoms with van der Waals surface area (Å²) in [5.41, 5.74) is 1.27. The molecule has 0 bridgehead atoms. The van der Waals surface area contributed by atoms with Crippen molar-refractivity contribution in [3.05, 3.63) is 52.7 Å². The van der Waals surface area contributed by atoms with Gasteiger partial charge >= 0.3 is 5.69 Å². The Morgan fingerprint density at radius 1 is 1.26 bits per heavy atom. The molecule has 1 aromatic carbocycles. The quantitative estimate of drug-likeness (QED) is 0.749. The molecule has 0 unspecified atom stereocenters. The lowest BCUT2D eigenvalue weighted by Crippen LogP contribution is -2.30. The standard InChI is InChI=1S/C18H21N7O2/c1-13-21-19-12-24(13)15-7-5-6-14(10-15)20-17(26)11-25-18(27)23-9-4-2-3-8-16(23)22-25/h5-7,10,12H,2-4,8-9,11H2,1H3,(H,20,26). The Morgan fingerprint density at radius 3 is 2.96 bits per heavy atom. The van der Waals surface area contributed by atoms with Crippen molar-refractivity contribution >= 4 is 11.6 Å². The van der Waals surface area contributed by atoms with Gasteiger partial charge in [0.2, 0.25) is 5.91 Å². The number of anilines is 1. The maximum Gasteiger partial charge on any atom is 0.346 e. The number of rotatable bonds is 4. The first-order valence-electron chi connectivity index (χ1n) is 9.05. The van der Waals surface area contributed by atoms with E-state index in [1.807, 2.05) is 29.7 Å². The van der Waals surface area contributed by atoms with E-state index in [0.29, 0.717) is 12.2 Å². The number of amides is 1. The Morgan fingerprint density at radius 2 is 2.15 bits per heavy atom.